The van der Waals surface area contributed by atoms with Crippen LogP contribution in [0.4, 0.5) is 0 Å². The molecule has 0 aliphatic heterocycles. The highest BCUT2D eigenvalue weighted by Gasteiger charge is 2.38. The van der Waals surface area contributed by atoms with E-state index in [4.69, 9.17) is 14.9 Å². The summed E-state index contributed by atoms with van der Waals surface area (Å²) in [7, 11) is 1.81. The standard InChI is InChI=1S/C8H19BO4/c1-6(12)8(2,4-11)7(3-10)13-5-9/h6-7,10-12H,3-5,9H2,1-2H3/t6-,7?,8+/m0/s1. The molecule has 0 amide bonds. The van der Waals surface area contributed by atoms with Gasteiger partial charge in [-0.3, -0.25) is 0 Å². The predicted molar refractivity (Wildman–Crippen MR) is 52.2 cm³/mol. The maximum absolute atomic E-state index is 9.45. The average Bonchev–Trinajstić information content (AvgIpc) is 2.12. The Morgan fingerprint density at radius 2 is 2.00 bits per heavy atom. The van der Waals surface area contributed by atoms with Gasteiger partial charge in [-0.25, -0.2) is 0 Å². The molecule has 0 radical (unpaired) electrons. The van der Waals surface area contributed by atoms with Crippen molar-refractivity contribution in [2.45, 2.75) is 26.1 Å². The Morgan fingerprint density at radius 3 is 2.23 bits per heavy atom. The number of rotatable bonds is 6. The number of ether oxygens (including phenoxy) is 1. The second-order valence-corrected chi connectivity index (χ2v) is 3.47. The Hall–Kier alpha value is -0.0951. The van der Waals surface area contributed by atoms with Crippen molar-refractivity contribution in [3.05, 3.63) is 0 Å². The Balaban J connectivity index is 4.48. The van der Waals surface area contributed by atoms with Gasteiger partial charge in [0.15, 0.2) is 0 Å². The quantitative estimate of drug-likeness (QED) is 0.438. The highest BCUT2D eigenvalue weighted by atomic mass is 16.5. The summed E-state index contributed by atoms with van der Waals surface area (Å²) in [6.45, 7) is 3.31. The van der Waals surface area contributed by atoms with Crippen LogP contribution in [0.15, 0.2) is 0 Å². The van der Waals surface area contributed by atoms with E-state index < -0.39 is 17.6 Å². The summed E-state index contributed by atoms with van der Waals surface area (Å²) in [4.78, 5) is 0. The summed E-state index contributed by atoms with van der Waals surface area (Å²) in [5.74, 6) is 0. The second-order valence-electron chi connectivity index (χ2n) is 3.47. The van der Waals surface area contributed by atoms with Crippen LogP contribution in [0.5, 0.6) is 0 Å². The largest absolute Gasteiger partial charge is 0.396 e. The van der Waals surface area contributed by atoms with Crippen LogP contribution >= 0.6 is 0 Å². The summed E-state index contributed by atoms with van der Waals surface area (Å²) >= 11 is 0. The fraction of sp³-hybridized carbons (Fsp3) is 1.00. The molecule has 13 heavy (non-hydrogen) atoms. The van der Waals surface area contributed by atoms with Crippen molar-refractivity contribution >= 4 is 7.85 Å². The normalized spacial score (nSPS) is 20.7. The van der Waals surface area contributed by atoms with Crippen LogP contribution in [0.1, 0.15) is 13.8 Å². The minimum absolute atomic E-state index is 0.199. The average molecular weight is 190 g/mol. The highest BCUT2D eigenvalue weighted by molar-refractivity contribution is 6.08. The van der Waals surface area contributed by atoms with E-state index in [0.29, 0.717) is 6.51 Å². The van der Waals surface area contributed by atoms with Crippen LogP contribution < -0.4 is 0 Å². The molecule has 0 fully saturated rings. The van der Waals surface area contributed by atoms with Gasteiger partial charge in [-0.1, -0.05) is 6.92 Å². The molecule has 5 heteroatoms. The van der Waals surface area contributed by atoms with E-state index in [2.05, 4.69) is 0 Å². The zero-order valence-electron chi connectivity index (χ0n) is 8.53. The minimum Gasteiger partial charge on any atom is -0.396 e. The molecule has 0 aliphatic rings. The van der Waals surface area contributed by atoms with Crippen molar-refractivity contribution in [2.75, 3.05) is 19.7 Å². The second kappa shape index (κ2) is 5.60. The van der Waals surface area contributed by atoms with Crippen LogP contribution in [0.25, 0.3) is 0 Å². The number of hydrogen-bond donors (Lipinski definition) is 3. The Bertz CT molecular complexity index is 142. The van der Waals surface area contributed by atoms with Crippen LogP contribution in [-0.4, -0.2) is 55.1 Å². The van der Waals surface area contributed by atoms with E-state index in [9.17, 15) is 5.11 Å². The van der Waals surface area contributed by atoms with Crippen LogP contribution in [-0.2, 0) is 4.74 Å². The van der Waals surface area contributed by atoms with E-state index in [1.54, 1.807) is 13.8 Å². The molecule has 0 aliphatic carbocycles. The predicted octanol–water partition coefficient (Wildman–Crippen LogP) is -1.67. The van der Waals surface area contributed by atoms with E-state index in [0.717, 1.165) is 0 Å². The lowest BCUT2D eigenvalue weighted by molar-refractivity contribution is -0.118. The SMILES string of the molecule is BCOC(CO)[C@](C)(CO)[C@H](C)O. The molecule has 3 atom stereocenters. The molecule has 0 aromatic heterocycles. The van der Waals surface area contributed by atoms with Gasteiger partial charge in [0, 0.05) is 11.9 Å². The van der Waals surface area contributed by atoms with E-state index >= 15 is 0 Å². The van der Waals surface area contributed by atoms with Gasteiger partial charge in [0.05, 0.1) is 25.4 Å². The van der Waals surface area contributed by atoms with Gasteiger partial charge in [-0.05, 0) is 6.92 Å². The highest BCUT2D eigenvalue weighted by Crippen LogP contribution is 2.27. The van der Waals surface area contributed by atoms with E-state index in [-0.39, 0.29) is 13.2 Å². The first-order valence-corrected chi connectivity index (χ1v) is 4.54. The minimum atomic E-state index is -0.801. The topological polar surface area (TPSA) is 69.9 Å². The first-order chi connectivity index (χ1) is 6.02. The van der Waals surface area contributed by atoms with Crippen LogP contribution in [0.2, 0.25) is 0 Å². The van der Waals surface area contributed by atoms with Gasteiger partial charge in [-0.15, -0.1) is 0 Å². The fourth-order valence-corrected chi connectivity index (χ4v) is 1.16. The molecule has 78 valence electrons. The van der Waals surface area contributed by atoms with E-state index in [1.807, 2.05) is 7.85 Å². The third kappa shape index (κ3) is 2.95. The van der Waals surface area contributed by atoms with Gasteiger partial charge >= 0.3 is 0 Å². The fourth-order valence-electron chi connectivity index (χ4n) is 1.16. The molecule has 0 saturated carbocycles. The third-order valence-electron chi connectivity index (χ3n) is 2.56. The van der Waals surface area contributed by atoms with Gasteiger partial charge < -0.3 is 20.1 Å². The van der Waals surface area contributed by atoms with Crippen molar-refractivity contribution in [2.24, 2.45) is 5.41 Å². The molecular formula is C8H19BO4. The summed E-state index contributed by atoms with van der Waals surface area (Å²) in [6.07, 6.45) is -1.25. The first kappa shape index (κ1) is 12.9. The third-order valence-corrected chi connectivity index (χ3v) is 2.56. The lowest BCUT2D eigenvalue weighted by Crippen LogP contribution is -2.48. The molecule has 0 aromatic carbocycles. The van der Waals surface area contributed by atoms with Gasteiger partial charge in [-0.2, -0.15) is 0 Å². The van der Waals surface area contributed by atoms with Crippen molar-refractivity contribution in [3.8, 4) is 0 Å². The zero-order chi connectivity index (χ0) is 10.5. The van der Waals surface area contributed by atoms with Crippen molar-refractivity contribution in [1.82, 2.24) is 0 Å². The molecular weight excluding hydrogens is 171 g/mol. The van der Waals surface area contributed by atoms with Crippen molar-refractivity contribution in [1.29, 1.82) is 0 Å². The lowest BCUT2D eigenvalue weighted by atomic mass is 9.80. The molecule has 4 nitrogen and oxygen atoms in total. The Kier molecular flexibility index (Phi) is 5.56. The van der Waals surface area contributed by atoms with Gasteiger partial charge in [0.2, 0.25) is 0 Å². The summed E-state index contributed by atoms with van der Waals surface area (Å²) in [6, 6.07) is 0. The van der Waals surface area contributed by atoms with Crippen LogP contribution in [0.3, 0.4) is 0 Å². The monoisotopic (exact) mass is 190 g/mol. The summed E-state index contributed by atoms with van der Waals surface area (Å²) in [5, 5.41) is 27.6. The molecule has 1 unspecified atom stereocenters. The zero-order valence-corrected chi connectivity index (χ0v) is 8.53. The van der Waals surface area contributed by atoms with Crippen molar-refractivity contribution < 1.29 is 20.1 Å². The van der Waals surface area contributed by atoms with Crippen LogP contribution in [0, 0.1) is 5.41 Å². The summed E-state index contributed by atoms with van der Waals surface area (Å²) in [5.41, 5.74) is -0.801. The lowest BCUT2D eigenvalue weighted by Gasteiger charge is -2.37. The van der Waals surface area contributed by atoms with Gasteiger partial charge in [0.1, 0.15) is 7.85 Å². The maximum atomic E-state index is 9.45. The summed E-state index contributed by atoms with van der Waals surface area (Å²) < 4.78 is 5.24. The number of hydrogen-bond acceptors (Lipinski definition) is 4. The maximum Gasteiger partial charge on any atom is 0.135 e. The smallest absolute Gasteiger partial charge is 0.135 e. The molecule has 0 saturated heterocycles. The van der Waals surface area contributed by atoms with Crippen molar-refractivity contribution in [3.63, 3.8) is 0 Å². The Labute approximate surface area is 79.9 Å². The molecule has 0 rings (SSSR count). The molecule has 0 spiro atoms. The molecule has 3 N–H and O–H groups in total. The Morgan fingerprint density at radius 1 is 1.46 bits per heavy atom. The molecule has 0 aromatic rings. The number of aliphatic hydroxyl groups excluding tert-OH is 3. The van der Waals surface area contributed by atoms with Gasteiger partial charge in [0.25, 0.3) is 0 Å². The van der Waals surface area contributed by atoms with E-state index in [1.165, 1.54) is 0 Å². The first-order valence-electron chi connectivity index (χ1n) is 4.54. The number of aliphatic hydroxyl groups is 3. The molecule has 0 bridgehead atoms. The molecule has 0 heterocycles.